The fraction of sp³-hybridized carbons (Fsp3) is 0.688. The number of amides is 2. The number of hydrogen-bond acceptors (Lipinski definition) is 9. The minimum atomic E-state index is 0.213. The highest BCUT2D eigenvalue weighted by atomic mass is 16.5. The standard InChI is InChI=1S/C21H29N5O3.C11H20N2O/c1-28-17-12-15-16(13-18(17)29-2)23-21(24-19(15)22)26-10-8-25(9-11-26)20(27)14-6-4-3-5-7-14;14-11(10-4-2-1-3-5-10)13-8-6-12-7-9-13/h12-14H,3-11H2,1-2H3,(H2,22,23,24);10,12H,1-9H2. The lowest BCUT2D eigenvalue weighted by atomic mass is 9.88. The van der Waals surface area contributed by atoms with E-state index in [1.165, 1.54) is 38.5 Å². The quantitative estimate of drug-likeness (QED) is 0.535. The Balaban J connectivity index is 0.000000220. The molecule has 11 heteroatoms. The van der Waals surface area contributed by atoms with Crippen LogP contribution in [0.3, 0.4) is 0 Å². The lowest BCUT2D eigenvalue weighted by Gasteiger charge is -2.37. The van der Waals surface area contributed by atoms with Crippen molar-refractivity contribution in [3.05, 3.63) is 12.1 Å². The first kappa shape index (κ1) is 31.1. The number of benzene rings is 1. The van der Waals surface area contributed by atoms with Gasteiger partial charge in [0, 0.05) is 75.6 Å². The molecule has 236 valence electrons. The summed E-state index contributed by atoms with van der Waals surface area (Å²) in [5.74, 6) is 3.50. The minimum absolute atomic E-state index is 0.213. The third kappa shape index (κ3) is 7.60. The van der Waals surface area contributed by atoms with Gasteiger partial charge in [0.2, 0.25) is 17.8 Å². The SMILES string of the molecule is COc1cc2nc(N3CCN(C(=O)C4CCCCC4)CC3)nc(N)c2cc1OC.O=C(C1CCCCC1)N1CCNCC1. The summed E-state index contributed by atoms with van der Waals surface area (Å²) in [5, 5.41) is 4.01. The van der Waals surface area contributed by atoms with E-state index in [0.717, 1.165) is 57.2 Å². The number of carbonyl (C=O) groups is 2. The normalized spacial score (nSPS) is 20.4. The molecule has 2 aliphatic carbocycles. The van der Waals surface area contributed by atoms with Gasteiger partial charge in [-0.2, -0.15) is 4.98 Å². The van der Waals surface area contributed by atoms with Crippen LogP contribution in [0.1, 0.15) is 64.2 Å². The predicted octanol–water partition coefficient (Wildman–Crippen LogP) is 3.46. The summed E-state index contributed by atoms with van der Waals surface area (Å²) in [6.45, 7) is 6.57. The number of aromatic nitrogens is 2. The average molecular weight is 596 g/mol. The second kappa shape index (κ2) is 14.9. The summed E-state index contributed by atoms with van der Waals surface area (Å²) in [7, 11) is 3.18. The molecule has 3 heterocycles. The molecule has 6 rings (SSSR count). The molecule has 3 N–H and O–H groups in total. The minimum Gasteiger partial charge on any atom is -0.493 e. The smallest absolute Gasteiger partial charge is 0.228 e. The Bertz CT molecular complexity index is 1210. The summed E-state index contributed by atoms with van der Waals surface area (Å²) in [6.07, 6.45) is 11.8. The van der Waals surface area contributed by atoms with E-state index in [-0.39, 0.29) is 5.92 Å². The molecule has 2 aliphatic heterocycles. The second-order valence-electron chi connectivity index (χ2n) is 12.2. The number of carbonyl (C=O) groups excluding carboxylic acids is 2. The molecule has 4 aliphatic rings. The molecule has 11 nitrogen and oxygen atoms in total. The van der Waals surface area contributed by atoms with Crippen LogP contribution in [0.15, 0.2) is 12.1 Å². The van der Waals surface area contributed by atoms with Gasteiger partial charge in [0.15, 0.2) is 11.5 Å². The molecule has 1 aromatic heterocycles. The molecule has 2 amide bonds. The number of hydrogen-bond donors (Lipinski definition) is 2. The maximum Gasteiger partial charge on any atom is 0.228 e. The van der Waals surface area contributed by atoms with Gasteiger partial charge in [-0.05, 0) is 31.7 Å². The van der Waals surface area contributed by atoms with Crippen LogP contribution in [0.4, 0.5) is 11.8 Å². The Kier molecular flexibility index (Phi) is 10.8. The van der Waals surface area contributed by atoms with Crippen LogP contribution >= 0.6 is 0 Å². The fourth-order valence-electron chi connectivity index (χ4n) is 6.84. The van der Waals surface area contributed by atoms with E-state index in [2.05, 4.69) is 15.2 Å². The number of nitrogens with one attached hydrogen (secondary N) is 1. The first-order chi connectivity index (χ1) is 21.0. The number of nitrogens with zero attached hydrogens (tertiary/aromatic N) is 5. The van der Waals surface area contributed by atoms with Crippen molar-refractivity contribution in [2.24, 2.45) is 11.8 Å². The van der Waals surface area contributed by atoms with Crippen molar-refractivity contribution in [2.45, 2.75) is 64.2 Å². The molecule has 0 radical (unpaired) electrons. The van der Waals surface area contributed by atoms with Crippen LogP contribution in [0, 0.1) is 11.8 Å². The number of nitrogens with two attached hydrogens (primary N) is 1. The van der Waals surface area contributed by atoms with Crippen LogP contribution < -0.4 is 25.4 Å². The van der Waals surface area contributed by atoms with Crippen molar-refractivity contribution in [1.29, 1.82) is 0 Å². The zero-order chi connectivity index (χ0) is 30.2. The Labute approximate surface area is 255 Å². The van der Waals surface area contributed by atoms with Crippen molar-refractivity contribution < 1.29 is 19.1 Å². The Morgan fingerprint density at radius 2 is 1.26 bits per heavy atom. The number of anilines is 2. The highest BCUT2D eigenvalue weighted by Crippen LogP contribution is 2.34. The number of nitrogen functional groups attached to an aromatic ring is 1. The summed E-state index contributed by atoms with van der Waals surface area (Å²) in [4.78, 5) is 40.2. The van der Waals surface area contributed by atoms with Gasteiger partial charge < -0.3 is 35.2 Å². The maximum atomic E-state index is 12.8. The molecule has 0 spiro atoms. The predicted molar refractivity (Wildman–Crippen MR) is 168 cm³/mol. The zero-order valence-electron chi connectivity index (χ0n) is 26.0. The van der Waals surface area contributed by atoms with E-state index in [1.807, 2.05) is 15.9 Å². The lowest BCUT2D eigenvalue weighted by Crippen LogP contribution is -2.51. The van der Waals surface area contributed by atoms with Crippen molar-refractivity contribution in [3.63, 3.8) is 0 Å². The molecule has 43 heavy (non-hydrogen) atoms. The number of fused-ring (bicyclic) bond motifs is 1. The lowest BCUT2D eigenvalue weighted by molar-refractivity contribution is -0.137. The van der Waals surface area contributed by atoms with Gasteiger partial charge in [-0.25, -0.2) is 4.98 Å². The number of methoxy groups -OCH3 is 2. The third-order valence-corrected chi connectivity index (χ3v) is 9.43. The molecule has 1 aromatic carbocycles. The molecule has 2 aromatic rings. The molecule has 2 saturated carbocycles. The molecule has 2 saturated heterocycles. The third-order valence-electron chi connectivity index (χ3n) is 9.43. The van der Waals surface area contributed by atoms with Gasteiger partial charge in [-0.1, -0.05) is 38.5 Å². The van der Waals surface area contributed by atoms with Gasteiger partial charge in [-0.15, -0.1) is 0 Å². The van der Waals surface area contributed by atoms with E-state index < -0.39 is 0 Å². The number of ether oxygens (including phenoxy) is 2. The summed E-state index contributed by atoms with van der Waals surface area (Å²) in [5.41, 5.74) is 6.93. The van der Waals surface area contributed by atoms with Crippen molar-refractivity contribution >= 4 is 34.5 Å². The van der Waals surface area contributed by atoms with Gasteiger partial charge in [-0.3, -0.25) is 9.59 Å². The van der Waals surface area contributed by atoms with E-state index >= 15 is 0 Å². The van der Waals surface area contributed by atoms with Crippen LogP contribution in [0.25, 0.3) is 10.9 Å². The Hall–Kier alpha value is -3.34. The van der Waals surface area contributed by atoms with E-state index in [1.54, 1.807) is 20.3 Å². The van der Waals surface area contributed by atoms with Gasteiger partial charge in [0.05, 0.1) is 19.7 Å². The fourth-order valence-corrected chi connectivity index (χ4v) is 6.84. The Morgan fingerprint density at radius 1 is 0.744 bits per heavy atom. The van der Waals surface area contributed by atoms with Gasteiger partial charge in [0.25, 0.3) is 0 Å². The Morgan fingerprint density at radius 3 is 1.79 bits per heavy atom. The first-order valence-corrected chi connectivity index (χ1v) is 16.2. The maximum absolute atomic E-state index is 12.8. The summed E-state index contributed by atoms with van der Waals surface area (Å²) in [6, 6.07) is 3.62. The molecule has 0 bridgehead atoms. The molecule has 0 unspecified atom stereocenters. The van der Waals surface area contributed by atoms with Crippen LogP contribution in [0.5, 0.6) is 11.5 Å². The highest BCUT2D eigenvalue weighted by Gasteiger charge is 2.30. The van der Waals surface area contributed by atoms with E-state index in [0.29, 0.717) is 72.7 Å². The molecular formula is C32H49N7O4. The van der Waals surface area contributed by atoms with Gasteiger partial charge >= 0.3 is 0 Å². The zero-order valence-corrected chi connectivity index (χ0v) is 26.0. The summed E-state index contributed by atoms with van der Waals surface area (Å²) < 4.78 is 10.7. The van der Waals surface area contributed by atoms with Crippen LogP contribution in [-0.4, -0.2) is 98.2 Å². The molecule has 0 atom stereocenters. The number of piperazine rings is 2. The average Bonchev–Trinajstić information content (AvgIpc) is 3.08. The second-order valence-corrected chi connectivity index (χ2v) is 12.2. The van der Waals surface area contributed by atoms with Crippen LogP contribution in [0.2, 0.25) is 0 Å². The summed E-state index contributed by atoms with van der Waals surface area (Å²) >= 11 is 0. The van der Waals surface area contributed by atoms with Crippen LogP contribution in [-0.2, 0) is 9.59 Å². The topological polar surface area (TPSA) is 126 Å². The molecule has 4 fully saturated rings. The van der Waals surface area contributed by atoms with E-state index in [9.17, 15) is 9.59 Å². The number of rotatable bonds is 5. The highest BCUT2D eigenvalue weighted by molar-refractivity contribution is 5.91. The largest absolute Gasteiger partial charge is 0.493 e. The molecular weight excluding hydrogens is 546 g/mol. The van der Waals surface area contributed by atoms with Crippen molar-refractivity contribution in [1.82, 2.24) is 25.1 Å². The monoisotopic (exact) mass is 595 g/mol. The van der Waals surface area contributed by atoms with Gasteiger partial charge in [0.1, 0.15) is 5.82 Å². The first-order valence-electron chi connectivity index (χ1n) is 16.2. The van der Waals surface area contributed by atoms with Crippen molar-refractivity contribution in [3.8, 4) is 11.5 Å². The van der Waals surface area contributed by atoms with Crippen molar-refractivity contribution in [2.75, 3.05) is 77.2 Å². The van der Waals surface area contributed by atoms with E-state index in [4.69, 9.17) is 20.2 Å².